The molecule has 0 spiro atoms. The van der Waals surface area contributed by atoms with Gasteiger partial charge >= 0.3 is 5.97 Å². The number of carbonyl (C=O) groups excluding carboxylic acids is 1. The van der Waals surface area contributed by atoms with Gasteiger partial charge in [-0.05, 0) is 5.56 Å². The predicted octanol–water partition coefficient (Wildman–Crippen LogP) is 0.363. The van der Waals surface area contributed by atoms with Crippen LogP contribution in [-0.2, 0) is 19.6 Å². The fraction of sp³-hybridized carbons (Fsp3) is 0.300. The van der Waals surface area contributed by atoms with Gasteiger partial charge in [-0.15, -0.1) is 0 Å². The van der Waals surface area contributed by atoms with Gasteiger partial charge in [-0.25, -0.2) is 0 Å². The lowest BCUT2D eigenvalue weighted by Crippen LogP contribution is -2.22. The Hall–Kier alpha value is -1.44. The number of carbonyl (C=O) groups is 1. The molecule has 0 saturated heterocycles. The summed E-state index contributed by atoms with van der Waals surface area (Å²) in [5.74, 6) is -0.416. The molecule has 0 unspecified atom stereocenters. The molecule has 0 aromatic heterocycles. The lowest BCUT2D eigenvalue weighted by molar-refractivity contribution is -0.142. The van der Waals surface area contributed by atoms with Gasteiger partial charge < -0.3 is 10.5 Å². The zero-order chi connectivity index (χ0) is 13.5. The van der Waals surface area contributed by atoms with Crippen molar-refractivity contribution in [2.75, 3.05) is 13.4 Å². The van der Waals surface area contributed by atoms with Gasteiger partial charge in [0.15, 0.2) is 0 Å². The van der Waals surface area contributed by atoms with Gasteiger partial charge in [0.1, 0.15) is 6.04 Å². The fourth-order valence-corrected chi connectivity index (χ4v) is 0.923. The van der Waals surface area contributed by atoms with Crippen LogP contribution in [0.2, 0.25) is 0 Å². The molecular weight excluding hydrogens is 246 g/mol. The maximum absolute atomic E-state index is 11.0. The van der Waals surface area contributed by atoms with E-state index >= 15 is 0 Å². The monoisotopic (exact) mass is 261 g/mol. The summed E-state index contributed by atoms with van der Waals surface area (Å²) in [5, 5.41) is 0. The van der Waals surface area contributed by atoms with Crippen molar-refractivity contribution in [1.29, 1.82) is 0 Å². The second kappa shape index (κ2) is 7.00. The van der Waals surface area contributed by atoms with Crippen molar-refractivity contribution >= 4 is 16.1 Å². The van der Waals surface area contributed by atoms with Crippen molar-refractivity contribution in [2.24, 2.45) is 5.73 Å². The van der Waals surface area contributed by atoms with Gasteiger partial charge in [0.05, 0.1) is 13.4 Å². The first kappa shape index (κ1) is 15.6. The third kappa shape index (κ3) is 8.38. The lowest BCUT2D eigenvalue weighted by Gasteiger charge is -2.08. The standard InChI is InChI=1S/C9H11NO2.CH4O3S/c1-12-9(11)8(10)7-5-3-2-4-6-7;1-5(2,3)4/h2-6,8H,10H2,1H3;1H3,(H,2,3,4)/t8-;/m1./s1. The molecule has 0 aliphatic heterocycles. The number of ether oxygens (including phenoxy) is 1. The van der Waals surface area contributed by atoms with E-state index in [1.54, 1.807) is 12.1 Å². The number of nitrogens with two attached hydrogens (primary N) is 1. The molecule has 1 rings (SSSR count). The largest absolute Gasteiger partial charge is 0.468 e. The van der Waals surface area contributed by atoms with Gasteiger partial charge in [0, 0.05) is 0 Å². The van der Waals surface area contributed by atoms with Crippen LogP contribution >= 0.6 is 0 Å². The summed E-state index contributed by atoms with van der Waals surface area (Å²) in [6, 6.07) is 8.45. The summed E-state index contributed by atoms with van der Waals surface area (Å²) < 4.78 is 30.4. The van der Waals surface area contributed by atoms with Crippen LogP contribution in [0.5, 0.6) is 0 Å². The second-order valence-electron chi connectivity index (χ2n) is 3.14. The number of methoxy groups -OCH3 is 1. The van der Waals surface area contributed by atoms with Gasteiger partial charge in [0.25, 0.3) is 10.1 Å². The first-order valence-corrected chi connectivity index (χ1v) is 6.41. The maximum atomic E-state index is 11.0. The third-order valence-electron chi connectivity index (χ3n) is 1.61. The molecule has 17 heavy (non-hydrogen) atoms. The first-order valence-electron chi connectivity index (χ1n) is 4.56. The van der Waals surface area contributed by atoms with Gasteiger partial charge in [0.2, 0.25) is 0 Å². The van der Waals surface area contributed by atoms with E-state index in [1.807, 2.05) is 18.2 Å². The summed E-state index contributed by atoms with van der Waals surface area (Å²) in [4.78, 5) is 11.0. The minimum Gasteiger partial charge on any atom is -0.468 e. The molecule has 0 bridgehead atoms. The Morgan fingerprint density at radius 2 is 1.76 bits per heavy atom. The smallest absolute Gasteiger partial charge is 0.327 e. The molecular formula is C10H15NO5S. The Balaban J connectivity index is 0.000000437. The molecule has 1 aromatic carbocycles. The molecule has 3 N–H and O–H groups in total. The summed E-state index contributed by atoms with van der Waals surface area (Å²) in [6.07, 6.45) is 0.715. The first-order chi connectivity index (χ1) is 7.75. The van der Waals surface area contributed by atoms with Crippen molar-refractivity contribution in [3.63, 3.8) is 0 Å². The van der Waals surface area contributed by atoms with E-state index in [9.17, 15) is 13.2 Å². The molecule has 0 saturated carbocycles. The number of hydrogen-bond donors (Lipinski definition) is 2. The number of benzene rings is 1. The highest BCUT2D eigenvalue weighted by atomic mass is 32.2. The Labute approximate surface area is 100 Å². The van der Waals surface area contributed by atoms with E-state index in [1.165, 1.54) is 7.11 Å². The fourth-order valence-electron chi connectivity index (χ4n) is 0.923. The van der Waals surface area contributed by atoms with Crippen LogP contribution in [-0.4, -0.2) is 32.3 Å². The van der Waals surface area contributed by atoms with Crippen LogP contribution < -0.4 is 5.73 Å². The summed E-state index contributed by atoms with van der Waals surface area (Å²) in [7, 11) is -2.34. The molecule has 0 radical (unpaired) electrons. The summed E-state index contributed by atoms with van der Waals surface area (Å²) in [5.41, 5.74) is 6.34. The molecule has 0 aliphatic carbocycles. The van der Waals surface area contributed by atoms with Crippen LogP contribution in [0.4, 0.5) is 0 Å². The molecule has 0 heterocycles. The minimum atomic E-state index is -3.67. The van der Waals surface area contributed by atoms with Crippen LogP contribution in [0.1, 0.15) is 11.6 Å². The predicted molar refractivity (Wildman–Crippen MR) is 62.9 cm³/mol. The Morgan fingerprint density at radius 3 is 2.12 bits per heavy atom. The van der Waals surface area contributed by atoms with E-state index in [0.717, 1.165) is 5.56 Å². The molecule has 6 nitrogen and oxygen atoms in total. The Bertz CT molecular complexity index is 435. The van der Waals surface area contributed by atoms with Crippen molar-refractivity contribution in [3.8, 4) is 0 Å². The number of hydrogen-bond acceptors (Lipinski definition) is 5. The Morgan fingerprint density at radius 1 is 1.35 bits per heavy atom. The molecule has 1 atom stereocenters. The zero-order valence-corrected chi connectivity index (χ0v) is 10.3. The number of esters is 1. The van der Waals surface area contributed by atoms with Gasteiger partial charge in [-0.3, -0.25) is 9.35 Å². The zero-order valence-electron chi connectivity index (χ0n) is 9.53. The van der Waals surface area contributed by atoms with E-state index in [-0.39, 0.29) is 0 Å². The summed E-state index contributed by atoms with van der Waals surface area (Å²) >= 11 is 0. The normalized spacial score (nSPS) is 12.0. The van der Waals surface area contributed by atoms with Crippen molar-refractivity contribution in [2.45, 2.75) is 6.04 Å². The topological polar surface area (TPSA) is 107 Å². The van der Waals surface area contributed by atoms with Crippen molar-refractivity contribution < 1.29 is 22.5 Å². The van der Waals surface area contributed by atoms with Gasteiger partial charge in [-0.1, -0.05) is 30.3 Å². The Kier molecular flexibility index (Phi) is 6.40. The van der Waals surface area contributed by atoms with Crippen LogP contribution in [0.25, 0.3) is 0 Å². The molecule has 1 aromatic rings. The lowest BCUT2D eigenvalue weighted by atomic mass is 10.1. The van der Waals surface area contributed by atoms with Crippen LogP contribution in [0, 0.1) is 0 Å². The minimum absolute atomic E-state index is 0.416. The average Bonchev–Trinajstić information content (AvgIpc) is 2.26. The summed E-state index contributed by atoms with van der Waals surface area (Å²) in [6.45, 7) is 0. The molecule has 0 amide bonds. The maximum Gasteiger partial charge on any atom is 0.327 e. The van der Waals surface area contributed by atoms with Crippen LogP contribution in [0.3, 0.4) is 0 Å². The van der Waals surface area contributed by atoms with E-state index in [2.05, 4.69) is 4.74 Å². The van der Waals surface area contributed by atoms with E-state index in [0.29, 0.717) is 6.26 Å². The quantitative estimate of drug-likeness (QED) is 0.588. The number of rotatable bonds is 2. The highest BCUT2D eigenvalue weighted by Crippen LogP contribution is 2.09. The highest BCUT2D eigenvalue weighted by Gasteiger charge is 2.14. The van der Waals surface area contributed by atoms with Crippen LogP contribution in [0.15, 0.2) is 30.3 Å². The van der Waals surface area contributed by atoms with Gasteiger partial charge in [-0.2, -0.15) is 8.42 Å². The molecule has 0 fully saturated rings. The van der Waals surface area contributed by atoms with E-state index < -0.39 is 22.1 Å². The third-order valence-corrected chi connectivity index (χ3v) is 1.61. The molecule has 96 valence electrons. The molecule has 7 heteroatoms. The van der Waals surface area contributed by atoms with Crippen molar-refractivity contribution in [3.05, 3.63) is 35.9 Å². The highest BCUT2D eigenvalue weighted by molar-refractivity contribution is 7.85. The van der Waals surface area contributed by atoms with E-state index in [4.69, 9.17) is 10.3 Å². The average molecular weight is 261 g/mol. The SMILES string of the molecule is COC(=O)[C@H](N)c1ccccc1.CS(=O)(=O)O. The molecule has 0 aliphatic rings. The van der Waals surface area contributed by atoms with Crippen molar-refractivity contribution in [1.82, 2.24) is 0 Å². The second-order valence-corrected chi connectivity index (χ2v) is 4.61.